The van der Waals surface area contributed by atoms with Crippen LogP contribution in [0.2, 0.25) is 10.2 Å². The third-order valence-electron chi connectivity index (χ3n) is 5.75. The standard InChI is InChI=1S/C21H20Cl2FN3O4/c1-11-2-5-15(18(23)26-11)30-7-16(28)27-21-8-20(9-21,10-21)17(19(25)29)31-12-3-4-13(22)14(24)6-12/h2-6,17H,7-10H2,1H3,(H2,25,29)(H,27,28). The average Bonchev–Trinajstić information content (AvgIpc) is 2.64. The van der Waals surface area contributed by atoms with Gasteiger partial charge in [-0.25, -0.2) is 9.37 Å². The number of aryl methyl sites for hydroxylation is 1. The second-order valence-corrected chi connectivity index (χ2v) is 8.99. The molecule has 1 atom stereocenters. The van der Waals surface area contributed by atoms with E-state index in [4.69, 9.17) is 38.4 Å². The van der Waals surface area contributed by atoms with E-state index in [2.05, 4.69) is 10.3 Å². The number of amides is 2. The van der Waals surface area contributed by atoms with Crippen LogP contribution in [-0.4, -0.2) is 35.0 Å². The second-order valence-electron chi connectivity index (χ2n) is 8.23. The van der Waals surface area contributed by atoms with Gasteiger partial charge in [-0.3, -0.25) is 9.59 Å². The Morgan fingerprint density at radius 3 is 2.58 bits per heavy atom. The SMILES string of the molecule is Cc1ccc(OCC(=O)NC23CC(C(Oc4ccc(Cl)c(F)c4)C(N)=O)(C2)C3)c(Cl)n1. The molecule has 10 heteroatoms. The summed E-state index contributed by atoms with van der Waals surface area (Å²) in [5, 5.41) is 3.10. The molecular formula is C21H20Cl2FN3O4. The Morgan fingerprint density at radius 1 is 1.26 bits per heavy atom. The molecule has 31 heavy (non-hydrogen) atoms. The van der Waals surface area contributed by atoms with Gasteiger partial charge in [0.15, 0.2) is 23.6 Å². The molecule has 2 amide bonds. The Morgan fingerprint density at radius 2 is 1.97 bits per heavy atom. The fourth-order valence-electron chi connectivity index (χ4n) is 4.54. The normalized spacial score (nSPS) is 24.4. The van der Waals surface area contributed by atoms with Crippen molar-refractivity contribution >= 4 is 35.0 Å². The molecule has 3 saturated carbocycles. The van der Waals surface area contributed by atoms with Crippen LogP contribution in [0.1, 0.15) is 25.0 Å². The molecule has 1 aromatic carbocycles. The predicted molar refractivity (Wildman–Crippen MR) is 112 cm³/mol. The first-order valence-electron chi connectivity index (χ1n) is 9.59. The minimum Gasteiger partial charge on any atom is -0.481 e. The molecule has 1 heterocycles. The molecule has 1 aromatic heterocycles. The van der Waals surface area contributed by atoms with Crippen molar-refractivity contribution in [3.05, 3.63) is 52.0 Å². The van der Waals surface area contributed by atoms with E-state index < -0.39 is 28.8 Å². The predicted octanol–water partition coefficient (Wildman–Crippen LogP) is 3.19. The molecule has 164 valence electrons. The zero-order chi connectivity index (χ0) is 22.4. The Kier molecular flexibility index (Phi) is 5.47. The number of nitrogens with zero attached hydrogens (tertiary/aromatic N) is 1. The molecule has 0 spiro atoms. The summed E-state index contributed by atoms with van der Waals surface area (Å²) in [5.41, 5.74) is 5.38. The van der Waals surface area contributed by atoms with Gasteiger partial charge in [0.25, 0.3) is 11.8 Å². The van der Waals surface area contributed by atoms with Crippen LogP contribution in [0.15, 0.2) is 30.3 Å². The van der Waals surface area contributed by atoms with Crippen LogP contribution >= 0.6 is 23.2 Å². The quantitative estimate of drug-likeness (QED) is 0.580. The van der Waals surface area contributed by atoms with Crippen LogP contribution in [0.3, 0.4) is 0 Å². The smallest absolute Gasteiger partial charge is 0.259 e. The summed E-state index contributed by atoms with van der Waals surface area (Å²) in [6, 6.07) is 7.34. The summed E-state index contributed by atoms with van der Waals surface area (Å²) in [4.78, 5) is 28.4. The van der Waals surface area contributed by atoms with E-state index in [9.17, 15) is 14.0 Å². The molecule has 0 radical (unpaired) electrons. The van der Waals surface area contributed by atoms with E-state index >= 15 is 0 Å². The van der Waals surface area contributed by atoms with E-state index in [0.717, 1.165) is 11.8 Å². The second kappa shape index (κ2) is 7.84. The molecule has 1 unspecified atom stereocenters. The minimum absolute atomic E-state index is 0.0416. The van der Waals surface area contributed by atoms with Crippen LogP contribution in [0.4, 0.5) is 4.39 Å². The lowest BCUT2D eigenvalue weighted by Crippen LogP contribution is -2.80. The van der Waals surface area contributed by atoms with E-state index in [1.165, 1.54) is 12.1 Å². The van der Waals surface area contributed by atoms with Gasteiger partial charge in [-0.2, -0.15) is 0 Å². The third kappa shape index (κ3) is 4.14. The van der Waals surface area contributed by atoms with Gasteiger partial charge in [0.1, 0.15) is 11.6 Å². The van der Waals surface area contributed by atoms with Crippen molar-refractivity contribution in [1.82, 2.24) is 10.3 Å². The first kappa shape index (κ1) is 21.6. The largest absolute Gasteiger partial charge is 0.481 e. The van der Waals surface area contributed by atoms with Gasteiger partial charge in [-0.05, 0) is 50.5 Å². The number of ether oxygens (including phenoxy) is 2. The summed E-state index contributed by atoms with van der Waals surface area (Å²) in [5.74, 6) is -1.09. The van der Waals surface area contributed by atoms with Crippen molar-refractivity contribution < 1.29 is 23.5 Å². The number of carbonyl (C=O) groups excluding carboxylic acids is 2. The van der Waals surface area contributed by atoms with E-state index in [1.807, 2.05) is 0 Å². The van der Waals surface area contributed by atoms with Crippen molar-refractivity contribution in [3.63, 3.8) is 0 Å². The number of halogens is 3. The molecular weight excluding hydrogens is 448 g/mol. The summed E-state index contributed by atoms with van der Waals surface area (Å²) < 4.78 is 24.8. The Labute approximate surface area is 188 Å². The number of benzene rings is 1. The first-order chi connectivity index (χ1) is 14.6. The van der Waals surface area contributed by atoms with Gasteiger partial charge in [0.2, 0.25) is 0 Å². The fraction of sp³-hybridized carbons (Fsp3) is 0.381. The number of hydrogen-bond donors (Lipinski definition) is 2. The van der Waals surface area contributed by atoms with Crippen LogP contribution in [0.5, 0.6) is 11.5 Å². The highest BCUT2D eigenvalue weighted by atomic mass is 35.5. The summed E-state index contributed by atoms with van der Waals surface area (Å²) >= 11 is 11.7. The highest BCUT2D eigenvalue weighted by molar-refractivity contribution is 6.31. The zero-order valence-electron chi connectivity index (χ0n) is 16.6. The van der Waals surface area contributed by atoms with Gasteiger partial charge in [0, 0.05) is 22.7 Å². The van der Waals surface area contributed by atoms with E-state index in [0.29, 0.717) is 25.0 Å². The van der Waals surface area contributed by atoms with E-state index in [-0.39, 0.29) is 28.4 Å². The highest BCUT2D eigenvalue weighted by Gasteiger charge is 2.73. The molecule has 2 aromatic rings. The maximum Gasteiger partial charge on any atom is 0.259 e. The molecule has 3 N–H and O–H groups in total. The zero-order valence-corrected chi connectivity index (χ0v) is 18.1. The summed E-state index contributed by atoms with van der Waals surface area (Å²) in [7, 11) is 0. The molecule has 3 fully saturated rings. The topological polar surface area (TPSA) is 104 Å². The van der Waals surface area contributed by atoms with Crippen molar-refractivity contribution in [2.75, 3.05) is 6.61 Å². The van der Waals surface area contributed by atoms with E-state index in [1.54, 1.807) is 19.1 Å². The van der Waals surface area contributed by atoms with Crippen LogP contribution < -0.4 is 20.5 Å². The Bertz CT molecular complexity index is 1050. The fourth-order valence-corrected chi connectivity index (χ4v) is 4.91. The van der Waals surface area contributed by atoms with Crippen LogP contribution in [0, 0.1) is 18.2 Å². The lowest BCUT2D eigenvalue weighted by Gasteiger charge is -2.71. The van der Waals surface area contributed by atoms with Crippen molar-refractivity contribution in [1.29, 1.82) is 0 Å². The number of hydrogen-bond acceptors (Lipinski definition) is 5. The monoisotopic (exact) mass is 467 g/mol. The van der Waals surface area contributed by atoms with Crippen molar-refractivity contribution in [2.24, 2.45) is 11.1 Å². The number of carbonyl (C=O) groups is 2. The van der Waals surface area contributed by atoms with Crippen molar-refractivity contribution in [3.8, 4) is 11.5 Å². The maximum atomic E-state index is 13.7. The first-order valence-corrected chi connectivity index (χ1v) is 10.4. The number of aromatic nitrogens is 1. The molecule has 0 saturated heterocycles. The molecule has 0 aliphatic heterocycles. The van der Waals surface area contributed by atoms with Crippen LogP contribution in [0.25, 0.3) is 0 Å². The van der Waals surface area contributed by atoms with Gasteiger partial charge in [0.05, 0.1) is 5.02 Å². The summed E-state index contributed by atoms with van der Waals surface area (Å²) in [6.07, 6.45) is 0.660. The summed E-state index contributed by atoms with van der Waals surface area (Å²) in [6.45, 7) is 1.59. The number of pyridine rings is 1. The minimum atomic E-state index is -0.930. The molecule has 3 aliphatic carbocycles. The van der Waals surface area contributed by atoms with Crippen LogP contribution in [-0.2, 0) is 9.59 Å². The molecule has 7 nitrogen and oxygen atoms in total. The Hall–Kier alpha value is -2.58. The van der Waals surface area contributed by atoms with Gasteiger partial charge < -0.3 is 20.5 Å². The lowest BCUT2D eigenvalue weighted by atomic mass is 9.37. The van der Waals surface area contributed by atoms with Crippen molar-refractivity contribution in [2.45, 2.75) is 37.8 Å². The molecule has 5 rings (SSSR count). The van der Waals surface area contributed by atoms with Gasteiger partial charge in [-0.15, -0.1) is 0 Å². The van der Waals surface area contributed by atoms with Gasteiger partial charge >= 0.3 is 0 Å². The number of rotatable bonds is 8. The van der Waals surface area contributed by atoms with Gasteiger partial charge in [-0.1, -0.05) is 23.2 Å². The number of primary amides is 1. The average molecular weight is 468 g/mol. The Balaban J connectivity index is 1.32. The highest BCUT2D eigenvalue weighted by Crippen LogP contribution is 2.69. The lowest BCUT2D eigenvalue weighted by molar-refractivity contribution is -0.208. The number of nitrogens with two attached hydrogens (primary N) is 1. The maximum absolute atomic E-state index is 13.7. The molecule has 2 bridgehead atoms. The number of nitrogens with one attached hydrogen (secondary N) is 1. The molecule has 3 aliphatic rings. The third-order valence-corrected chi connectivity index (χ3v) is 6.33.